The summed E-state index contributed by atoms with van der Waals surface area (Å²) < 4.78 is 57.4. The van der Waals surface area contributed by atoms with E-state index in [0.717, 1.165) is 21.1 Å². The number of nitrogens with zero attached hydrogens (tertiary/aromatic N) is 4. The summed E-state index contributed by atoms with van der Waals surface area (Å²) in [5, 5.41) is 0. The minimum Gasteiger partial charge on any atom is -0.382 e. The first-order chi connectivity index (χ1) is 15.9. The zero-order chi connectivity index (χ0) is 24.8. The summed E-state index contributed by atoms with van der Waals surface area (Å²) in [5.74, 6) is 0.509. The maximum atomic E-state index is 14.3. The smallest absolute Gasteiger partial charge is 0.312 e. The summed E-state index contributed by atoms with van der Waals surface area (Å²) in [6.45, 7) is 5.40. The van der Waals surface area contributed by atoms with Gasteiger partial charge in [-0.2, -0.15) is 14.4 Å². The number of hydrogen-bond donors (Lipinski definition) is 2. The van der Waals surface area contributed by atoms with E-state index in [0.29, 0.717) is 37.2 Å². The Kier molecular flexibility index (Phi) is 6.86. The van der Waals surface area contributed by atoms with E-state index in [4.69, 9.17) is 5.73 Å². The van der Waals surface area contributed by atoms with Gasteiger partial charge < -0.3 is 10.3 Å². The van der Waals surface area contributed by atoms with Crippen LogP contribution < -0.4 is 10.5 Å². The second kappa shape index (κ2) is 9.26. The number of halogens is 3. The topological polar surface area (TPSA) is 116 Å². The Morgan fingerprint density at radius 2 is 2.00 bits per heavy atom. The number of sulfonamides is 1. The van der Waals surface area contributed by atoms with Gasteiger partial charge in [0.15, 0.2) is 17.0 Å². The summed E-state index contributed by atoms with van der Waals surface area (Å²) in [6, 6.07) is 3.89. The molecule has 0 amide bonds. The molecular formula is C22H27F2IN6O2S. The molecule has 0 radical (unpaired) electrons. The van der Waals surface area contributed by atoms with E-state index in [2.05, 4.69) is 42.3 Å². The van der Waals surface area contributed by atoms with Crippen LogP contribution in [0, 0.1) is 9.65 Å². The molecule has 0 aliphatic heterocycles. The highest BCUT2D eigenvalue weighted by molar-refractivity contribution is 14.1. The van der Waals surface area contributed by atoms with Crippen LogP contribution in [0.2, 0.25) is 0 Å². The van der Waals surface area contributed by atoms with Crippen molar-refractivity contribution in [3.05, 3.63) is 44.3 Å². The lowest BCUT2D eigenvalue weighted by molar-refractivity contribution is 0.343. The molecule has 8 nitrogen and oxygen atoms in total. The molecule has 0 fully saturated rings. The SMILES string of the molecule is CC(C)(C)S(=O)(=O)NCCCn1c(Cc2cc3c(cc2I)CCC3F)nc2c(N)nc(F)nc21. The minimum absolute atomic E-state index is 0.0663. The van der Waals surface area contributed by atoms with Crippen LogP contribution in [0.1, 0.15) is 62.3 Å². The zero-order valence-electron chi connectivity index (χ0n) is 19.2. The molecule has 184 valence electrons. The molecule has 4 rings (SSSR count). The fourth-order valence-electron chi connectivity index (χ4n) is 4.00. The Morgan fingerprint density at radius 1 is 1.26 bits per heavy atom. The van der Waals surface area contributed by atoms with Crippen molar-refractivity contribution in [3.63, 3.8) is 0 Å². The first-order valence-corrected chi connectivity index (χ1v) is 13.6. The van der Waals surface area contributed by atoms with E-state index in [1.54, 1.807) is 25.3 Å². The van der Waals surface area contributed by atoms with E-state index < -0.39 is 27.0 Å². The standard InChI is InChI=1S/C22H27F2IN6O2S/c1-22(2,3)34(32,33)27-7-4-8-31-17(28-18-19(26)29-21(24)30-20(18)31)11-13-9-14-12(10-16(13)25)5-6-15(14)23/h9-10,15,27H,4-8,11H2,1-3H3,(H2,26,29,30). The molecule has 12 heteroatoms. The van der Waals surface area contributed by atoms with E-state index >= 15 is 0 Å². The number of benzene rings is 1. The number of aromatic nitrogens is 4. The van der Waals surface area contributed by atoms with Crippen LogP contribution in [0.5, 0.6) is 0 Å². The number of hydrogen-bond acceptors (Lipinski definition) is 6. The summed E-state index contributed by atoms with van der Waals surface area (Å²) in [5.41, 5.74) is 9.07. The van der Waals surface area contributed by atoms with Gasteiger partial charge in [0.05, 0.1) is 4.75 Å². The summed E-state index contributed by atoms with van der Waals surface area (Å²) in [7, 11) is -3.49. The average molecular weight is 604 g/mol. The Bertz CT molecular complexity index is 1350. The number of aryl methyl sites for hydroxylation is 2. The van der Waals surface area contributed by atoms with Crippen molar-refractivity contribution >= 4 is 49.6 Å². The third kappa shape index (κ3) is 4.89. The zero-order valence-corrected chi connectivity index (χ0v) is 22.2. The number of nitrogen functional groups attached to an aromatic ring is 1. The third-order valence-corrected chi connectivity index (χ3v) is 9.19. The summed E-state index contributed by atoms with van der Waals surface area (Å²) >= 11 is 2.23. The number of imidazole rings is 1. The fourth-order valence-corrected chi connectivity index (χ4v) is 5.57. The molecule has 0 bridgehead atoms. The molecule has 0 saturated heterocycles. The highest BCUT2D eigenvalue weighted by Crippen LogP contribution is 2.37. The van der Waals surface area contributed by atoms with Crippen LogP contribution in [0.25, 0.3) is 11.2 Å². The van der Waals surface area contributed by atoms with Gasteiger partial charge in [0.25, 0.3) is 0 Å². The predicted molar refractivity (Wildman–Crippen MR) is 135 cm³/mol. The number of nitrogens with one attached hydrogen (secondary N) is 1. The van der Waals surface area contributed by atoms with Crippen molar-refractivity contribution in [2.45, 2.75) is 63.9 Å². The van der Waals surface area contributed by atoms with Crippen LogP contribution in [0.4, 0.5) is 14.6 Å². The van der Waals surface area contributed by atoms with Crippen molar-refractivity contribution in [1.82, 2.24) is 24.2 Å². The summed E-state index contributed by atoms with van der Waals surface area (Å²) in [4.78, 5) is 12.1. The van der Waals surface area contributed by atoms with Gasteiger partial charge in [-0.25, -0.2) is 22.5 Å². The molecule has 1 unspecified atom stereocenters. The van der Waals surface area contributed by atoms with Crippen LogP contribution in [0.3, 0.4) is 0 Å². The second-order valence-corrected chi connectivity index (χ2v) is 13.1. The molecule has 1 aliphatic rings. The Hall–Kier alpha value is -1.93. The van der Waals surface area contributed by atoms with E-state index in [-0.39, 0.29) is 23.5 Å². The normalized spacial score (nSPS) is 16.4. The molecule has 2 heterocycles. The van der Waals surface area contributed by atoms with Crippen LogP contribution in [0.15, 0.2) is 12.1 Å². The molecule has 3 aromatic rings. The van der Waals surface area contributed by atoms with Crippen molar-refractivity contribution < 1.29 is 17.2 Å². The molecule has 1 atom stereocenters. The van der Waals surface area contributed by atoms with E-state index in [9.17, 15) is 17.2 Å². The Morgan fingerprint density at radius 3 is 2.71 bits per heavy atom. The van der Waals surface area contributed by atoms with Crippen molar-refractivity contribution in [2.75, 3.05) is 12.3 Å². The van der Waals surface area contributed by atoms with Gasteiger partial charge in [0.2, 0.25) is 10.0 Å². The Balaban J connectivity index is 1.64. The fraction of sp³-hybridized carbons (Fsp3) is 0.500. The maximum absolute atomic E-state index is 14.3. The van der Waals surface area contributed by atoms with Crippen LogP contribution in [-0.4, -0.2) is 39.2 Å². The largest absolute Gasteiger partial charge is 0.382 e. The molecular weight excluding hydrogens is 577 g/mol. The van der Waals surface area contributed by atoms with E-state index in [1.807, 2.05) is 12.1 Å². The van der Waals surface area contributed by atoms with Crippen molar-refractivity contribution in [1.29, 1.82) is 0 Å². The van der Waals surface area contributed by atoms with Gasteiger partial charge in [0.1, 0.15) is 12.0 Å². The molecule has 1 aromatic carbocycles. The van der Waals surface area contributed by atoms with Crippen molar-refractivity contribution in [3.8, 4) is 0 Å². The van der Waals surface area contributed by atoms with Crippen LogP contribution in [-0.2, 0) is 29.4 Å². The second-order valence-electron chi connectivity index (χ2n) is 9.42. The lowest BCUT2D eigenvalue weighted by Gasteiger charge is -2.19. The first kappa shape index (κ1) is 25.2. The number of rotatable bonds is 7. The van der Waals surface area contributed by atoms with Crippen LogP contribution >= 0.6 is 22.6 Å². The molecule has 3 N–H and O–H groups in total. The number of anilines is 1. The van der Waals surface area contributed by atoms with Gasteiger partial charge in [-0.15, -0.1) is 0 Å². The monoisotopic (exact) mass is 604 g/mol. The lowest BCUT2D eigenvalue weighted by Crippen LogP contribution is -2.39. The number of fused-ring (bicyclic) bond motifs is 2. The minimum atomic E-state index is -3.49. The molecule has 2 aromatic heterocycles. The average Bonchev–Trinajstić information content (AvgIpc) is 3.25. The predicted octanol–water partition coefficient (Wildman–Crippen LogP) is 3.81. The van der Waals surface area contributed by atoms with Gasteiger partial charge >= 0.3 is 6.08 Å². The maximum Gasteiger partial charge on any atom is 0.312 e. The van der Waals surface area contributed by atoms with Gasteiger partial charge in [-0.3, -0.25) is 0 Å². The first-order valence-electron chi connectivity index (χ1n) is 11.0. The lowest BCUT2D eigenvalue weighted by atomic mass is 10.0. The van der Waals surface area contributed by atoms with Gasteiger partial charge in [-0.1, -0.05) is 6.07 Å². The molecule has 0 spiro atoms. The molecule has 1 aliphatic carbocycles. The molecule has 34 heavy (non-hydrogen) atoms. The number of nitrogens with two attached hydrogens (primary N) is 1. The third-order valence-electron chi connectivity index (χ3n) is 5.99. The Labute approximate surface area is 211 Å². The van der Waals surface area contributed by atoms with Gasteiger partial charge in [0, 0.05) is 23.1 Å². The molecule has 0 saturated carbocycles. The quantitative estimate of drug-likeness (QED) is 0.241. The van der Waals surface area contributed by atoms with E-state index in [1.165, 1.54) is 0 Å². The van der Waals surface area contributed by atoms with Gasteiger partial charge in [-0.05, 0) is 85.4 Å². The number of alkyl halides is 1. The van der Waals surface area contributed by atoms with Crippen molar-refractivity contribution in [2.24, 2.45) is 0 Å². The summed E-state index contributed by atoms with van der Waals surface area (Å²) in [6.07, 6.45) is 0.0653. The highest BCUT2D eigenvalue weighted by atomic mass is 127. The highest BCUT2D eigenvalue weighted by Gasteiger charge is 2.28.